The first-order valence-electron chi connectivity index (χ1n) is 12.2. The fraction of sp³-hybridized carbons (Fsp3) is 0.586. The Morgan fingerprint density at radius 3 is 1.20 bits per heavy atom. The summed E-state index contributed by atoms with van der Waals surface area (Å²) in [7, 11) is -4.43. The molecule has 0 aromatic heterocycles. The van der Waals surface area contributed by atoms with Crippen molar-refractivity contribution in [2.75, 3.05) is 0 Å². The Kier molecular flexibility index (Phi) is 7.51. The van der Waals surface area contributed by atoms with E-state index in [0.717, 1.165) is 22.3 Å². The van der Waals surface area contributed by atoms with Gasteiger partial charge in [-0.3, -0.25) is 4.89 Å². The van der Waals surface area contributed by atoms with E-state index < -0.39 is 7.82 Å². The van der Waals surface area contributed by atoms with E-state index in [-0.39, 0.29) is 27.8 Å². The molecular formula is C29H46NO4P. The minimum absolute atomic E-state index is 0. The van der Waals surface area contributed by atoms with Gasteiger partial charge in [-0.1, -0.05) is 107 Å². The van der Waals surface area contributed by atoms with Crippen LogP contribution in [0.25, 0.3) is 0 Å². The van der Waals surface area contributed by atoms with Gasteiger partial charge >= 0.3 is 7.82 Å². The Morgan fingerprint density at radius 1 is 0.629 bits per heavy atom. The highest BCUT2D eigenvalue weighted by Crippen LogP contribution is 2.54. The van der Waals surface area contributed by atoms with Crippen molar-refractivity contribution < 1.29 is 18.5 Å². The summed E-state index contributed by atoms with van der Waals surface area (Å²) in [5.74, 6) is 0.936. The molecule has 0 aliphatic carbocycles. The molecule has 0 atom stereocenters. The highest BCUT2D eigenvalue weighted by Gasteiger charge is 2.38. The van der Waals surface area contributed by atoms with Crippen LogP contribution in [-0.2, 0) is 32.6 Å². The van der Waals surface area contributed by atoms with Gasteiger partial charge in [0.1, 0.15) is 11.5 Å². The van der Waals surface area contributed by atoms with Crippen LogP contribution >= 0.6 is 7.82 Å². The van der Waals surface area contributed by atoms with Crippen LogP contribution in [-0.4, -0.2) is 4.89 Å². The van der Waals surface area contributed by atoms with E-state index in [2.05, 4.69) is 107 Å². The fourth-order valence-corrected chi connectivity index (χ4v) is 5.22. The van der Waals surface area contributed by atoms with E-state index in [4.69, 9.17) is 9.05 Å². The lowest BCUT2D eigenvalue weighted by Gasteiger charge is -2.33. The summed E-state index contributed by atoms with van der Waals surface area (Å²) in [6, 6.07) is 8.52. The Hall–Kier alpha value is -1.81. The number of hydrogen-bond acceptors (Lipinski definition) is 4. The third kappa shape index (κ3) is 6.31. The van der Waals surface area contributed by atoms with E-state index in [0.29, 0.717) is 17.9 Å². The molecule has 3 rings (SSSR count). The summed E-state index contributed by atoms with van der Waals surface area (Å²) in [5, 5.41) is 0. The van der Waals surface area contributed by atoms with Crippen LogP contribution in [0.1, 0.15) is 116 Å². The van der Waals surface area contributed by atoms with Crippen molar-refractivity contribution in [2.24, 2.45) is 0 Å². The van der Waals surface area contributed by atoms with Crippen LogP contribution in [0.4, 0.5) is 0 Å². The van der Waals surface area contributed by atoms with E-state index in [9.17, 15) is 9.46 Å². The minimum Gasteiger partial charge on any atom is -0.395 e. The Balaban J connectivity index is 0.00000432. The lowest BCUT2D eigenvalue weighted by atomic mass is 9.76. The molecule has 1 aliphatic heterocycles. The zero-order valence-corrected chi connectivity index (χ0v) is 24.7. The first-order valence-corrected chi connectivity index (χ1v) is 13.7. The van der Waals surface area contributed by atoms with E-state index in [1.165, 1.54) is 11.1 Å². The molecular weight excluding hydrogens is 457 g/mol. The van der Waals surface area contributed by atoms with Gasteiger partial charge in [-0.2, -0.15) is 0 Å². The highest BCUT2D eigenvalue weighted by molar-refractivity contribution is 7.48. The molecule has 0 unspecified atom stereocenters. The summed E-state index contributed by atoms with van der Waals surface area (Å²) in [4.78, 5) is 10.9. The van der Waals surface area contributed by atoms with Gasteiger partial charge in [0.05, 0.1) is 0 Å². The highest BCUT2D eigenvalue weighted by atomic mass is 31.2. The Labute approximate surface area is 212 Å². The summed E-state index contributed by atoms with van der Waals surface area (Å²) in [5.41, 5.74) is 5.31. The second kappa shape index (κ2) is 8.94. The average molecular weight is 504 g/mol. The third-order valence-corrected chi connectivity index (χ3v) is 7.30. The SMILES string of the molecule is CC(C)(C)c1cc2c(c(C(C)(C)C)c1)OP(=O)(O)Oc1c(cc(C(C)(C)C)cc1C(C)(C)C)C2.N. The van der Waals surface area contributed by atoms with Gasteiger partial charge in [-0.15, -0.1) is 0 Å². The standard InChI is InChI=1S/C29H43O4P.H3N/c1-26(2,3)20-14-18-13-19-15-21(27(4,5)6)17-23(29(10,11)12)25(19)33-34(30,31)32-24(18)22(16-20)28(7,8)9;/h14-17H,13H2,1-12H3,(H,30,31);1H3. The van der Waals surface area contributed by atoms with Crippen LogP contribution in [0, 0.1) is 0 Å². The number of rotatable bonds is 0. The molecule has 196 valence electrons. The maximum atomic E-state index is 13.4. The number of phosphoric ester groups is 1. The van der Waals surface area contributed by atoms with Crippen molar-refractivity contribution in [3.05, 3.63) is 57.6 Å². The number of fused-ring (bicyclic) bond motifs is 2. The monoisotopic (exact) mass is 503 g/mol. The second-order valence-corrected chi connectivity index (χ2v) is 15.2. The van der Waals surface area contributed by atoms with Crippen molar-refractivity contribution in [3.8, 4) is 11.5 Å². The molecule has 2 aromatic carbocycles. The van der Waals surface area contributed by atoms with Gasteiger partial charge in [0.2, 0.25) is 0 Å². The average Bonchev–Trinajstić information content (AvgIpc) is 2.58. The van der Waals surface area contributed by atoms with Gasteiger partial charge in [0.15, 0.2) is 0 Å². The van der Waals surface area contributed by atoms with Gasteiger partial charge in [-0.05, 0) is 43.9 Å². The van der Waals surface area contributed by atoms with Crippen molar-refractivity contribution in [1.29, 1.82) is 0 Å². The normalized spacial score (nSPS) is 16.0. The summed E-state index contributed by atoms with van der Waals surface area (Å²) >= 11 is 0. The molecule has 0 saturated carbocycles. The van der Waals surface area contributed by atoms with Crippen LogP contribution < -0.4 is 15.2 Å². The molecule has 0 saturated heterocycles. The predicted molar refractivity (Wildman–Crippen MR) is 147 cm³/mol. The molecule has 0 spiro atoms. The topological polar surface area (TPSA) is 90.8 Å². The summed E-state index contributed by atoms with van der Waals surface area (Å²) in [6.07, 6.45) is 0.560. The third-order valence-electron chi connectivity index (χ3n) is 6.47. The van der Waals surface area contributed by atoms with Gasteiger partial charge in [0, 0.05) is 17.5 Å². The molecule has 0 radical (unpaired) electrons. The first-order chi connectivity index (χ1) is 15.1. The second-order valence-electron chi connectivity index (χ2n) is 13.9. The van der Waals surface area contributed by atoms with Crippen molar-refractivity contribution in [3.63, 3.8) is 0 Å². The molecule has 0 amide bonds. The lowest BCUT2D eigenvalue weighted by Crippen LogP contribution is -2.22. The van der Waals surface area contributed by atoms with Crippen molar-refractivity contribution in [2.45, 2.75) is 111 Å². The molecule has 2 aromatic rings. The first kappa shape index (κ1) is 29.4. The maximum absolute atomic E-state index is 13.4. The van der Waals surface area contributed by atoms with Crippen LogP contribution in [0.15, 0.2) is 24.3 Å². The predicted octanol–water partition coefficient (Wildman–Crippen LogP) is 8.50. The maximum Gasteiger partial charge on any atom is 0.584 e. The number of benzene rings is 2. The van der Waals surface area contributed by atoms with E-state index in [1.807, 2.05) is 0 Å². The molecule has 1 aliphatic rings. The quantitative estimate of drug-likeness (QED) is 0.352. The largest absolute Gasteiger partial charge is 0.584 e. The summed E-state index contributed by atoms with van der Waals surface area (Å²) in [6.45, 7) is 25.7. The molecule has 5 nitrogen and oxygen atoms in total. The van der Waals surface area contributed by atoms with Crippen LogP contribution in [0.5, 0.6) is 11.5 Å². The minimum atomic E-state index is -4.43. The smallest absolute Gasteiger partial charge is 0.395 e. The molecule has 35 heavy (non-hydrogen) atoms. The molecule has 0 bridgehead atoms. The summed E-state index contributed by atoms with van der Waals surface area (Å²) < 4.78 is 25.1. The number of phosphoric acid groups is 1. The lowest BCUT2D eigenvalue weighted by molar-refractivity contribution is 0.281. The zero-order chi connectivity index (χ0) is 26.1. The zero-order valence-electron chi connectivity index (χ0n) is 23.8. The molecule has 6 heteroatoms. The molecule has 1 heterocycles. The van der Waals surface area contributed by atoms with E-state index >= 15 is 0 Å². The Bertz CT molecular complexity index is 1070. The Morgan fingerprint density at radius 2 is 0.943 bits per heavy atom. The van der Waals surface area contributed by atoms with Crippen molar-refractivity contribution >= 4 is 7.82 Å². The van der Waals surface area contributed by atoms with E-state index in [1.54, 1.807) is 0 Å². The van der Waals surface area contributed by atoms with Gasteiger partial charge in [-0.25, -0.2) is 4.57 Å². The van der Waals surface area contributed by atoms with Gasteiger partial charge < -0.3 is 15.2 Å². The molecule has 0 fully saturated rings. The van der Waals surface area contributed by atoms with Crippen molar-refractivity contribution in [1.82, 2.24) is 6.15 Å². The molecule has 4 N–H and O–H groups in total. The van der Waals surface area contributed by atoms with Crippen LogP contribution in [0.3, 0.4) is 0 Å². The fourth-order valence-electron chi connectivity index (χ4n) is 4.29. The van der Waals surface area contributed by atoms with Crippen LogP contribution in [0.2, 0.25) is 0 Å². The number of hydrogen-bond donors (Lipinski definition) is 2. The van der Waals surface area contributed by atoms with Gasteiger partial charge in [0.25, 0.3) is 0 Å².